The third kappa shape index (κ3) is 6.39. The highest BCUT2D eigenvalue weighted by atomic mass is 35.5. The summed E-state index contributed by atoms with van der Waals surface area (Å²) in [5, 5.41) is 7.80. The molecule has 7 rings (SSSR count). The van der Waals surface area contributed by atoms with Crippen molar-refractivity contribution >= 4 is 50.0 Å². The lowest BCUT2D eigenvalue weighted by molar-refractivity contribution is -0.166. The molecule has 0 aliphatic carbocycles. The van der Waals surface area contributed by atoms with Gasteiger partial charge in [0.05, 0.1) is 52.9 Å². The fourth-order valence-corrected chi connectivity index (χ4v) is 8.32. The quantitative estimate of drug-likeness (QED) is 0.152. The summed E-state index contributed by atoms with van der Waals surface area (Å²) in [5.74, 6) is 0.0112. The zero-order valence-corrected chi connectivity index (χ0v) is 30.1. The predicted molar refractivity (Wildman–Crippen MR) is 193 cm³/mol. The number of rotatable bonds is 8. The lowest BCUT2D eigenvalue weighted by Crippen LogP contribution is -2.51. The number of carbonyl (C=O) groups excluding carboxylic acids is 1. The van der Waals surface area contributed by atoms with Gasteiger partial charge >= 0.3 is 5.97 Å². The number of likely N-dealkylation sites (tertiary alicyclic amines) is 1. The molecule has 3 aromatic carbocycles. The molecule has 1 atom stereocenters. The van der Waals surface area contributed by atoms with E-state index >= 15 is 0 Å². The van der Waals surface area contributed by atoms with Crippen molar-refractivity contribution in [2.24, 2.45) is 7.05 Å². The zero-order chi connectivity index (χ0) is 33.7. The summed E-state index contributed by atoms with van der Waals surface area (Å²) in [5.41, 5.74) is 7.20. The van der Waals surface area contributed by atoms with Crippen LogP contribution in [0.2, 0.25) is 5.02 Å². The van der Waals surface area contributed by atoms with Gasteiger partial charge in [0.25, 0.3) is 0 Å². The molecule has 2 aromatic heterocycles. The van der Waals surface area contributed by atoms with E-state index in [1.54, 1.807) is 11.3 Å². The highest BCUT2D eigenvalue weighted by Gasteiger charge is 2.34. The molecule has 2 aliphatic rings. The van der Waals surface area contributed by atoms with Crippen molar-refractivity contribution in [2.75, 3.05) is 32.9 Å². The van der Waals surface area contributed by atoms with Gasteiger partial charge in [0.15, 0.2) is 6.10 Å². The molecule has 0 bridgehead atoms. The van der Waals surface area contributed by atoms with Crippen molar-refractivity contribution in [3.8, 4) is 21.7 Å². The average Bonchev–Trinajstić information content (AvgIpc) is 3.59. The number of aryl methyl sites for hydroxylation is 2. The van der Waals surface area contributed by atoms with E-state index in [2.05, 4.69) is 29.2 Å². The third-order valence-corrected chi connectivity index (χ3v) is 10.9. The van der Waals surface area contributed by atoms with Crippen molar-refractivity contribution in [3.05, 3.63) is 70.4 Å². The van der Waals surface area contributed by atoms with Gasteiger partial charge in [-0.1, -0.05) is 23.7 Å². The smallest absolute Gasteiger partial charge is 0.339 e. The SMILES string of the molecule is CCOC(=O)[C@@H](OC(C)(C)C)c1c(C)cc2nc(-c3ccc4c(c3)c(C3CCN(C5COC5)CC3)nn4C)sc2c1-c1ccc(Cl)cc1. The second-order valence-electron chi connectivity index (χ2n) is 14.0. The first-order valence-corrected chi connectivity index (χ1v) is 18.0. The average molecular weight is 687 g/mol. The summed E-state index contributed by atoms with van der Waals surface area (Å²) < 4.78 is 20.5. The first-order chi connectivity index (χ1) is 23.0. The Bertz CT molecular complexity index is 1970. The molecule has 8 nitrogen and oxygen atoms in total. The third-order valence-electron chi connectivity index (χ3n) is 9.47. The molecule has 252 valence electrons. The summed E-state index contributed by atoms with van der Waals surface area (Å²) in [6.45, 7) is 13.8. The zero-order valence-electron chi connectivity index (χ0n) is 28.5. The van der Waals surface area contributed by atoms with Gasteiger partial charge in [-0.05, 0) is 108 Å². The molecule has 2 fully saturated rings. The van der Waals surface area contributed by atoms with E-state index < -0.39 is 17.7 Å². The number of thiazole rings is 1. The number of carbonyl (C=O) groups is 1. The maximum Gasteiger partial charge on any atom is 0.339 e. The molecule has 10 heteroatoms. The molecule has 0 saturated carbocycles. The normalized spacial score (nSPS) is 17.2. The Morgan fingerprint density at radius 1 is 1.08 bits per heavy atom. The van der Waals surface area contributed by atoms with E-state index in [0.29, 0.717) is 17.0 Å². The number of halogens is 1. The number of aromatic nitrogens is 3. The molecule has 2 saturated heterocycles. The Morgan fingerprint density at radius 3 is 2.44 bits per heavy atom. The number of benzene rings is 3. The van der Waals surface area contributed by atoms with Crippen LogP contribution in [0.5, 0.6) is 0 Å². The molecular weight excluding hydrogens is 644 g/mol. The maximum atomic E-state index is 13.5. The molecule has 2 aliphatic heterocycles. The van der Waals surface area contributed by atoms with Crippen LogP contribution in [-0.2, 0) is 26.1 Å². The van der Waals surface area contributed by atoms with E-state index in [9.17, 15) is 4.79 Å². The molecule has 48 heavy (non-hydrogen) atoms. The van der Waals surface area contributed by atoms with Gasteiger partial charge in [0, 0.05) is 40.1 Å². The van der Waals surface area contributed by atoms with Crippen molar-refractivity contribution in [3.63, 3.8) is 0 Å². The van der Waals surface area contributed by atoms with Crippen LogP contribution in [0.4, 0.5) is 0 Å². The molecule has 5 aromatic rings. The van der Waals surface area contributed by atoms with E-state index in [-0.39, 0.29) is 6.61 Å². The second kappa shape index (κ2) is 13.2. The molecule has 0 radical (unpaired) electrons. The predicted octanol–water partition coefficient (Wildman–Crippen LogP) is 8.48. The van der Waals surface area contributed by atoms with E-state index in [1.807, 2.05) is 70.6 Å². The Morgan fingerprint density at radius 2 is 1.79 bits per heavy atom. The fourth-order valence-electron chi connectivity index (χ4n) is 7.07. The monoisotopic (exact) mass is 686 g/mol. The van der Waals surface area contributed by atoms with Crippen LogP contribution in [0.3, 0.4) is 0 Å². The molecular formula is C38H43ClN4O4S. The number of fused-ring (bicyclic) bond motifs is 2. The molecule has 4 heterocycles. The molecule has 0 unspecified atom stereocenters. The number of hydrogen-bond acceptors (Lipinski definition) is 8. The Kier molecular flexibility index (Phi) is 9.10. The van der Waals surface area contributed by atoms with Crippen molar-refractivity contribution in [2.45, 2.75) is 71.1 Å². The standard InChI is InChI=1S/C38H43ClN4O4S/c1-7-46-37(44)34(47-38(3,4)5)31-22(2)18-29-35(32(31)23-8-11-26(39)12-9-23)48-36(40-29)25-10-13-30-28(19-25)33(41-42(30)6)24-14-16-43(17-15-24)27-20-45-21-27/h8-13,18-19,24,27,34H,7,14-17,20-21H2,1-6H3/t34-/m0/s1. The van der Waals surface area contributed by atoms with E-state index in [4.69, 9.17) is 35.9 Å². The van der Waals surface area contributed by atoms with Gasteiger partial charge in [-0.2, -0.15) is 5.10 Å². The van der Waals surface area contributed by atoms with Crippen molar-refractivity contribution in [1.29, 1.82) is 0 Å². The fraction of sp³-hybridized carbons (Fsp3) is 0.447. The van der Waals surface area contributed by atoms with E-state index in [0.717, 1.165) is 87.7 Å². The van der Waals surface area contributed by atoms with Gasteiger partial charge < -0.3 is 14.2 Å². The summed E-state index contributed by atoms with van der Waals surface area (Å²) in [6.07, 6.45) is 1.28. The minimum Gasteiger partial charge on any atom is -0.464 e. The van der Waals surface area contributed by atoms with Gasteiger partial charge in [-0.15, -0.1) is 11.3 Å². The minimum atomic E-state index is -0.914. The first kappa shape index (κ1) is 33.2. The summed E-state index contributed by atoms with van der Waals surface area (Å²) >= 11 is 7.97. The largest absolute Gasteiger partial charge is 0.464 e. The lowest BCUT2D eigenvalue weighted by atomic mass is 9.90. The van der Waals surface area contributed by atoms with Crippen LogP contribution in [0.1, 0.15) is 69.4 Å². The van der Waals surface area contributed by atoms with Crippen LogP contribution in [0, 0.1) is 6.92 Å². The van der Waals surface area contributed by atoms with Crippen LogP contribution >= 0.6 is 22.9 Å². The Labute approximate surface area is 290 Å². The summed E-state index contributed by atoms with van der Waals surface area (Å²) in [4.78, 5) is 21.3. The topological polar surface area (TPSA) is 78.7 Å². The van der Waals surface area contributed by atoms with Crippen LogP contribution in [0.15, 0.2) is 48.5 Å². The minimum absolute atomic E-state index is 0.262. The molecule has 0 amide bonds. The summed E-state index contributed by atoms with van der Waals surface area (Å²) in [6, 6.07) is 17.0. The first-order valence-electron chi connectivity index (χ1n) is 16.8. The van der Waals surface area contributed by atoms with Crippen molar-refractivity contribution in [1.82, 2.24) is 19.7 Å². The lowest BCUT2D eigenvalue weighted by Gasteiger charge is -2.41. The highest BCUT2D eigenvalue weighted by Crippen LogP contribution is 2.45. The van der Waals surface area contributed by atoms with Crippen molar-refractivity contribution < 1.29 is 19.0 Å². The summed E-state index contributed by atoms with van der Waals surface area (Å²) in [7, 11) is 2.03. The second-order valence-corrected chi connectivity index (χ2v) is 15.4. The van der Waals surface area contributed by atoms with Gasteiger partial charge in [0.2, 0.25) is 0 Å². The number of esters is 1. The van der Waals surface area contributed by atoms with E-state index in [1.165, 1.54) is 11.1 Å². The Balaban J connectivity index is 1.33. The van der Waals surface area contributed by atoms with Gasteiger partial charge in [0.1, 0.15) is 5.01 Å². The Hall–Kier alpha value is -3.34. The number of nitrogens with zero attached hydrogens (tertiary/aromatic N) is 4. The highest BCUT2D eigenvalue weighted by molar-refractivity contribution is 7.22. The van der Waals surface area contributed by atoms with Gasteiger partial charge in [-0.3, -0.25) is 9.58 Å². The van der Waals surface area contributed by atoms with Crippen LogP contribution < -0.4 is 0 Å². The number of hydrogen-bond donors (Lipinski definition) is 0. The molecule has 0 spiro atoms. The van der Waals surface area contributed by atoms with Crippen LogP contribution in [-0.4, -0.2) is 70.2 Å². The number of piperidine rings is 1. The van der Waals surface area contributed by atoms with Gasteiger partial charge in [-0.25, -0.2) is 9.78 Å². The van der Waals surface area contributed by atoms with Crippen LogP contribution in [0.25, 0.3) is 42.8 Å². The number of ether oxygens (including phenoxy) is 3. The molecule has 0 N–H and O–H groups in total. The maximum absolute atomic E-state index is 13.5.